The van der Waals surface area contributed by atoms with Gasteiger partial charge in [-0.05, 0) is 51.5 Å². The van der Waals surface area contributed by atoms with Gasteiger partial charge in [-0.15, -0.1) is 0 Å². The van der Waals surface area contributed by atoms with Crippen LogP contribution in [0.2, 0.25) is 0 Å². The van der Waals surface area contributed by atoms with Gasteiger partial charge in [0.1, 0.15) is 13.2 Å². The molecule has 1 aliphatic heterocycles. The second-order valence-electron chi connectivity index (χ2n) is 6.45. The molecule has 0 spiro atoms. The Bertz CT molecular complexity index is 927. The van der Waals surface area contributed by atoms with E-state index in [1.54, 1.807) is 26.0 Å². The summed E-state index contributed by atoms with van der Waals surface area (Å²) in [5, 5.41) is 0. The first kappa shape index (κ1) is 18.7. The summed E-state index contributed by atoms with van der Waals surface area (Å²) in [6, 6.07) is 4.73. The highest BCUT2D eigenvalue weighted by atomic mass is 16.6. The molecule has 27 heavy (non-hydrogen) atoms. The second-order valence-corrected chi connectivity index (χ2v) is 6.45. The summed E-state index contributed by atoms with van der Waals surface area (Å²) in [6.07, 6.45) is -1.01. The molecule has 0 fully saturated rings. The van der Waals surface area contributed by atoms with Crippen LogP contribution in [-0.4, -0.2) is 41.8 Å². The van der Waals surface area contributed by atoms with Gasteiger partial charge in [0.05, 0.1) is 11.3 Å². The maximum atomic E-state index is 12.7. The molecule has 2 heterocycles. The van der Waals surface area contributed by atoms with Gasteiger partial charge in [0.15, 0.2) is 23.4 Å². The normalized spacial score (nSPS) is 13.8. The Morgan fingerprint density at radius 1 is 1.11 bits per heavy atom. The lowest BCUT2D eigenvalue weighted by atomic mass is 10.0. The lowest BCUT2D eigenvalue weighted by molar-refractivity contribution is 0.0316. The van der Waals surface area contributed by atoms with Gasteiger partial charge < -0.3 is 19.2 Å². The van der Waals surface area contributed by atoms with Gasteiger partial charge in [-0.2, -0.15) is 0 Å². The molecule has 7 heteroatoms. The molecule has 0 unspecified atom stereocenters. The summed E-state index contributed by atoms with van der Waals surface area (Å²) in [7, 11) is 0. The molecule has 3 rings (SSSR count). The molecule has 1 aliphatic rings. The molecule has 1 atom stereocenters. The quantitative estimate of drug-likeness (QED) is 0.641. The highest BCUT2D eigenvalue weighted by Crippen LogP contribution is 2.31. The second kappa shape index (κ2) is 7.26. The number of carbonyl (C=O) groups excluding carboxylic acids is 3. The van der Waals surface area contributed by atoms with Crippen LogP contribution in [0.25, 0.3) is 0 Å². The first-order chi connectivity index (χ1) is 12.8. The predicted molar refractivity (Wildman–Crippen MR) is 96.9 cm³/mol. The fraction of sp³-hybridized carbons (Fsp3) is 0.350. The molecule has 0 saturated carbocycles. The van der Waals surface area contributed by atoms with Gasteiger partial charge in [-0.3, -0.25) is 9.59 Å². The predicted octanol–water partition coefficient (Wildman–Crippen LogP) is 3.03. The molecule has 2 aromatic rings. The SMILES string of the molecule is CC(=O)c1c(C)[nH]c(C(=O)[C@@H](C)OC(=O)c2ccc3c(c2)OCCO3)c1C. The number of ketones is 2. The largest absolute Gasteiger partial charge is 0.486 e. The number of hydrogen-bond acceptors (Lipinski definition) is 6. The Balaban J connectivity index is 1.76. The molecule has 0 bridgehead atoms. The van der Waals surface area contributed by atoms with E-state index < -0.39 is 17.9 Å². The fourth-order valence-electron chi connectivity index (χ4n) is 3.18. The summed E-state index contributed by atoms with van der Waals surface area (Å²) < 4.78 is 16.2. The van der Waals surface area contributed by atoms with Gasteiger partial charge in [0, 0.05) is 11.3 Å². The van der Waals surface area contributed by atoms with Crippen LogP contribution >= 0.6 is 0 Å². The Morgan fingerprint density at radius 2 is 1.78 bits per heavy atom. The minimum absolute atomic E-state index is 0.124. The van der Waals surface area contributed by atoms with Gasteiger partial charge in [-0.1, -0.05) is 0 Å². The Morgan fingerprint density at radius 3 is 2.41 bits per heavy atom. The standard InChI is InChI=1S/C20H21NO6/c1-10-17(12(3)22)11(2)21-18(10)19(23)13(4)27-20(24)14-5-6-15-16(9-14)26-8-7-25-15/h5-6,9,13,21H,7-8H2,1-4H3/t13-/m1/s1. The van der Waals surface area contributed by atoms with Crippen LogP contribution in [0.4, 0.5) is 0 Å². The lowest BCUT2D eigenvalue weighted by Crippen LogP contribution is -2.25. The van der Waals surface area contributed by atoms with Gasteiger partial charge in [0.2, 0.25) is 5.78 Å². The van der Waals surface area contributed by atoms with Gasteiger partial charge >= 0.3 is 5.97 Å². The third kappa shape index (κ3) is 3.58. The third-order valence-electron chi connectivity index (χ3n) is 4.47. The Labute approximate surface area is 156 Å². The maximum Gasteiger partial charge on any atom is 0.338 e. The number of aromatic amines is 1. The van der Waals surface area contributed by atoms with E-state index in [1.807, 2.05) is 0 Å². The topological polar surface area (TPSA) is 94.7 Å². The smallest absolute Gasteiger partial charge is 0.338 e. The summed E-state index contributed by atoms with van der Waals surface area (Å²) in [5.41, 5.74) is 2.22. The number of carbonyl (C=O) groups is 3. The highest BCUT2D eigenvalue weighted by Gasteiger charge is 2.26. The number of ether oxygens (including phenoxy) is 3. The molecule has 0 amide bonds. The van der Waals surface area contributed by atoms with E-state index in [1.165, 1.54) is 19.9 Å². The van der Waals surface area contributed by atoms with E-state index in [4.69, 9.17) is 14.2 Å². The van der Waals surface area contributed by atoms with Crippen molar-refractivity contribution < 1.29 is 28.6 Å². The van der Waals surface area contributed by atoms with E-state index in [2.05, 4.69) is 4.98 Å². The molecule has 142 valence electrons. The molecular weight excluding hydrogens is 350 g/mol. The van der Waals surface area contributed by atoms with Crippen molar-refractivity contribution in [2.24, 2.45) is 0 Å². The van der Waals surface area contributed by atoms with Crippen molar-refractivity contribution in [1.82, 2.24) is 4.98 Å². The van der Waals surface area contributed by atoms with Crippen LogP contribution in [0.5, 0.6) is 11.5 Å². The number of H-pyrrole nitrogens is 1. The number of Topliss-reactive ketones (excluding diaryl/α,β-unsaturated/α-hetero) is 2. The zero-order valence-electron chi connectivity index (χ0n) is 15.7. The summed E-state index contributed by atoms with van der Waals surface area (Å²) in [6.45, 7) is 7.24. The van der Waals surface area contributed by atoms with E-state index in [9.17, 15) is 14.4 Å². The zero-order chi connectivity index (χ0) is 19.7. The van der Waals surface area contributed by atoms with E-state index in [0.717, 1.165) is 0 Å². The first-order valence-corrected chi connectivity index (χ1v) is 8.64. The van der Waals surface area contributed by atoms with Crippen molar-refractivity contribution in [2.45, 2.75) is 33.8 Å². The Hall–Kier alpha value is -3.09. The fourth-order valence-corrected chi connectivity index (χ4v) is 3.18. The number of fused-ring (bicyclic) bond motifs is 1. The first-order valence-electron chi connectivity index (χ1n) is 8.64. The third-order valence-corrected chi connectivity index (χ3v) is 4.47. The summed E-state index contributed by atoms with van der Waals surface area (Å²) in [5.74, 6) is -0.122. The number of rotatable bonds is 5. The molecule has 0 saturated heterocycles. The minimum atomic E-state index is -1.01. The van der Waals surface area contributed by atoms with E-state index >= 15 is 0 Å². The van der Waals surface area contributed by atoms with Crippen molar-refractivity contribution >= 4 is 17.5 Å². The molecule has 1 aromatic heterocycles. The van der Waals surface area contributed by atoms with Crippen molar-refractivity contribution in [3.8, 4) is 11.5 Å². The molecular formula is C20H21NO6. The van der Waals surface area contributed by atoms with E-state index in [-0.39, 0.29) is 17.0 Å². The number of aryl methyl sites for hydroxylation is 1. The van der Waals surface area contributed by atoms with Crippen molar-refractivity contribution in [3.63, 3.8) is 0 Å². The number of benzene rings is 1. The van der Waals surface area contributed by atoms with Crippen LogP contribution in [0, 0.1) is 13.8 Å². The lowest BCUT2D eigenvalue weighted by Gasteiger charge is -2.19. The van der Waals surface area contributed by atoms with Crippen LogP contribution in [-0.2, 0) is 4.74 Å². The van der Waals surface area contributed by atoms with Crippen LogP contribution in [0.1, 0.15) is 56.3 Å². The summed E-state index contributed by atoms with van der Waals surface area (Å²) >= 11 is 0. The number of esters is 1. The number of aromatic nitrogens is 1. The zero-order valence-corrected chi connectivity index (χ0v) is 15.7. The molecule has 1 N–H and O–H groups in total. The summed E-state index contributed by atoms with van der Waals surface area (Å²) in [4.78, 5) is 39.8. The van der Waals surface area contributed by atoms with Gasteiger partial charge in [0.25, 0.3) is 0 Å². The average Bonchev–Trinajstić information content (AvgIpc) is 2.94. The molecule has 0 radical (unpaired) electrons. The Kier molecular flexibility index (Phi) is 5.03. The molecule has 7 nitrogen and oxygen atoms in total. The maximum absolute atomic E-state index is 12.7. The monoisotopic (exact) mass is 371 g/mol. The van der Waals surface area contributed by atoms with Crippen molar-refractivity contribution in [2.75, 3.05) is 13.2 Å². The number of hydrogen-bond donors (Lipinski definition) is 1. The van der Waals surface area contributed by atoms with Crippen molar-refractivity contribution in [1.29, 1.82) is 0 Å². The molecule has 0 aliphatic carbocycles. The van der Waals surface area contributed by atoms with Crippen LogP contribution in [0.15, 0.2) is 18.2 Å². The van der Waals surface area contributed by atoms with Crippen LogP contribution < -0.4 is 9.47 Å². The average molecular weight is 371 g/mol. The highest BCUT2D eigenvalue weighted by molar-refractivity contribution is 6.05. The van der Waals surface area contributed by atoms with Gasteiger partial charge in [-0.25, -0.2) is 4.79 Å². The van der Waals surface area contributed by atoms with E-state index in [0.29, 0.717) is 41.5 Å². The molecule has 1 aromatic carbocycles. The number of nitrogens with one attached hydrogen (secondary N) is 1. The van der Waals surface area contributed by atoms with Crippen molar-refractivity contribution in [3.05, 3.63) is 46.3 Å². The minimum Gasteiger partial charge on any atom is -0.486 e. The van der Waals surface area contributed by atoms with Crippen LogP contribution in [0.3, 0.4) is 0 Å².